The lowest BCUT2D eigenvalue weighted by Gasteiger charge is -2.08. The molecule has 0 aliphatic rings. The highest BCUT2D eigenvalue weighted by Gasteiger charge is 2.18. The molecule has 17 heavy (non-hydrogen) atoms. The molecule has 1 aromatic rings. The van der Waals surface area contributed by atoms with Crippen molar-refractivity contribution in [3.63, 3.8) is 0 Å². The lowest BCUT2D eigenvalue weighted by molar-refractivity contribution is 0.348. The van der Waals surface area contributed by atoms with E-state index in [4.69, 9.17) is 38.6 Å². The van der Waals surface area contributed by atoms with Crippen LogP contribution in [-0.4, -0.2) is 15.0 Å². The van der Waals surface area contributed by atoms with Gasteiger partial charge in [0.2, 0.25) is 0 Å². The number of hydrogen-bond acceptors (Lipinski definition) is 3. The van der Waals surface area contributed by atoms with Gasteiger partial charge in [-0.05, 0) is 18.2 Å². The van der Waals surface area contributed by atoms with Crippen LogP contribution in [0.2, 0.25) is 0 Å². The van der Waals surface area contributed by atoms with E-state index in [1.165, 1.54) is 0 Å². The van der Waals surface area contributed by atoms with Gasteiger partial charge in [0.1, 0.15) is 23.1 Å². The first-order valence-electron chi connectivity index (χ1n) is 4.16. The molecule has 0 fully saturated rings. The standard InChI is InChI=1S/C9H6Cl3FO3S/c10-4-6(11)5-16-8-2-1-7(13)3-9(8)17(12,14)15/h1-4H,5H2/b6-4-. The molecule has 0 aliphatic heterocycles. The molecular weight excluding hydrogens is 314 g/mol. The second-order valence-corrected chi connectivity index (χ2v) is 6.11. The third kappa shape index (κ3) is 4.35. The van der Waals surface area contributed by atoms with Crippen molar-refractivity contribution in [3.05, 3.63) is 34.6 Å². The van der Waals surface area contributed by atoms with E-state index in [1.54, 1.807) is 0 Å². The molecule has 0 unspecified atom stereocenters. The Labute approximate surface area is 112 Å². The molecule has 0 atom stereocenters. The number of rotatable bonds is 4. The molecule has 0 amide bonds. The maximum Gasteiger partial charge on any atom is 0.265 e. The fourth-order valence-electron chi connectivity index (χ4n) is 0.970. The summed E-state index contributed by atoms with van der Waals surface area (Å²) in [6, 6.07) is 2.94. The summed E-state index contributed by atoms with van der Waals surface area (Å²) in [5.74, 6) is -0.839. The fraction of sp³-hybridized carbons (Fsp3) is 0.111. The number of halogens is 4. The van der Waals surface area contributed by atoms with E-state index >= 15 is 0 Å². The van der Waals surface area contributed by atoms with Crippen LogP contribution < -0.4 is 4.74 Å². The molecular formula is C9H6Cl3FO3S. The van der Waals surface area contributed by atoms with Crippen molar-refractivity contribution in [1.29, 1.82) is 0 Å². The summed E-state index contributed by atoms with van der Waals surface area (Å²) in [7, 11) is 1.04. The highest BCUT2D eigenvalue weighted by atomic mass is 35.7. The van der Waals surface area contributed by atoms with Crippen LogP contribution in [0.5, 0.6) is 5.75 Å². The molecule has 0 bridgehead atoms. The van der Waals surface area contributed by atoms with Gasteiger partial charge in [0.15, 0.2) is 0 Å². The summed E-state index contributed by atoms with van der Waals surface area (Å²) in [6.45, 7) is -0.143. The quantitative estimate of drug-likeness (QED) is 0.798. The highest BCUT2D eigenvalue weighted by molar-refractivity contribution is 8.13. The molecule has 0 heterocycles. The maximum absolute atomic E-state index is 12.9. The minimum Gasteiger partial charge on any atom is -0.487 e. The van der Waals surface area contributed by atoms with Gasteiger partial charge >= 0.3 is 0 Å². The van der Waals surface area contributed by atoms with Crippen molar-refractivity contribution in [1.82, 2.24) is 0 Å². The second-order valence-electron chi connectivity index (χ2n) is 2.87. The normalized spacial score (nSPS) is 12.6. The van der Waals surface area contributed by atoms with Gasteiger partial charge in [-0.3, -0.25) is 0 Å². The monoisotopic (exact) mass is 318 g/mol. The van der Waals surface area contributed by atoms with Gasteiger partial charge in [0, 0.05) is 16.2 Å². The summed E-state index contributed by atoms with van der Waals surface area (Å²) in [6.07, 6.45) is 0. The van der Waals surface area contributed by atoms with Crippen LogP contribution in [0.25, 0.3) is 0 Å². The Kier molecular flexibility index (Phi) is 5.06. The largest absolute Gasteiger partial charge is 0.487 e. The molecule has 94 valence electrons. The number of ether oxygens (including phenoxy) is 1. The highest BCUT2D eigenvalue weighted by Crippen LogP contribution is 2.28. The Morgan fingerprint density at radius 1 is 1.47 bits per heavy atom. The summed E-state index contributed by atoms with van der Waals surface area (Å²) < 4.78 is 40.3. The summed E-state index contributed by atoms with van der Waals surface area (Å²) in [5, 5.41) is 0.161. The van der Waals surface area contributed by atoms with Crippen molar-refractivity contribution >= 4 is 42.9 Å². The zero-order chi connectivity index (χ0) is 13.1. The molecule has 1 rings (SSSR count). The average Bonchev–Trinajstić information content (AvgIpc) is 2.25. The van der Waals surface area contributed by atoms with Gasteiger partial charge in [0.05, 0.1) is 5.03 Å². The lowest BCUT2D eigenvalue weighted by Crippen LogP contribution is -2.02. The van der Waals surface area contributed by atoms with Crippen LogP contribution in [0.1, 0.15) is 0 Å². The lowest BCUT2D eigenvalue weighted by atomic mass is 10.3. The smallest absolute Gasteiger partial charge is 0.265 e. The zero-order valence-corrected chi connectivity index (χ0v) is 11.2. The number of hydrogen-bond donors (Lipinski definition) is 0. The molecule has 0 aliphatic carbocycles. The molecule has 8 heteroatoms. The van der Waals surface area contributed by atoms with E-state index in [1.807, 2.05) is 0 Å². The number of benzene rings is 1. The summed E-state index contributed by atoms with van der Waals surface area (Å²) >= 11 is 10.9. The third-order valence-corrected chi connectivity index (χ3v) is 3.59. The molecule has 0 aromatic heterocycles. The van der Waals surface area contributed by atoms with Gasteiger partial charge < -0.3 is 4.74 Å². The second kappa shape index (κ2) is 5.91. The molecule has 0 saturated heterocycles. The first-order chi connectivity index (χ1) is 7.84. The van der Waals surface area contributed by atoms with Crippen LogP contribution in [-0.2, 0) is 9.05 Å². The Morgan fingerprint density at radius 3 is 2.65 bits per heavy atom. The van der Waals surface area contributed by atoms with Crippen molar-refractivity contribution < 1.29 is 17.5 Å². The van der Waals surface area contributed by atoms with Gasteiger partial charge in [-0.25, -0.2) is 12.8 Å². The van der Waals surface area contributed by atoms with Crippen molar-refractivity contribution in [2.75, 3.05) is 6.61 Å². The van der Waals surface area contributed by atoms with Gasteiger partial charge in [-0.2, -0.15) is 0 Å². The van der Waals surface area contributed by atoms with Crippen molar-refractivity contribution in [2.45, 2.75) is 4.90 Å². The Balaban J connectivity index is 3.08. The SMILES string of the molecule is O=S(=O)(Cl)c1cc(F)ccc1OC/C(Cl)=C/Cl. The van der Waals surface area contributed by atoms with E-state index in [-0.39, 0.29) is 17.4 Å². The summed E-state index contributed by atoms with van der Waals surface area (Å²) in [4.78, 5) is -0.460. The fourth-order valence-corrected chi connectivity index (χ4v) is 2.07. The zero-order valence-electron chi connectivity index (χ0n) is 8.16. The molecule has 0 N–H and O–H groups in total. The molecule has 3 nitrogen and oxygen atoms in total. The Hall–Kier alpha value is -0.490. The van der Waals surface area contributed by atoms with Gasteiger partial charge in [-0.1, -0.05) is 23.2 Å². The minimum absolute atomic E-state index is 0.0990. The van der Waals surface area contributed by atoms with E-state index < -0.39 is 19.8 Å². The predicted molar refractivity (Wildman–Crippen MR) is 64.7 cm³/mol. The first-order valence-corrected chi connectivity index (χ1v) is 7.28. The van der Waals surface area contributed by atoms with E-state index in [0.29, 0.717) is 0 Å². The van der Waals surface area contributed by atoms with E-state index in [0.717, 1.165) is 23.7 Å². The average molecular weight is 320 g/mol. The topological polar surface area (TPSA) is 43.4 Å². The van der Waals surface area contributed by atoms with E-state index in [2.05, 4.69) is 0 Å². The Bertz CT molecular complexity index is 542. The molecule has 0 radical (unpaired) electrons. The third-order valence-electron chi connectivity index (χ3n) is 1.65. The predicted octanol–water partition coefficient (Wildman–Crippen LogP) is 3.45. The van der Waals surface area contributed by atoms with Gasteiger partial charge in [-0.15, -0.1) is 0 Å². The van der Waals surface area contributed by atoms with Crippen molar-refractivity contribution in [3.8, 4) is 5.75 Å². The van der Waals surface area contributed by atoms with Crippen LogP contribution in [0, 0.1) is 5.82 Å². The molecule has 0 spiro atoms. The van der Waals surface area contributed by atoms with Crippen LogP contribution in [0.15, 0.2) is 33.7 Å². The molecule has 0 saturated carbocycles. The Morgan fingerprint density at radius 2 is 2.12 bits per heavy atom. The van der Waals surface area contributed by atoms with Crippen LogP contribution >= 0.6 is 33.9 Å². The minimum atomic E-state index is -4.10. The maximum atomic E-state index is 12.9. The molecule has 1 aromatic carbocycles. The first kappa shape index (κ1) is 14.6. The van der Waals surface area contributed by atoms with Gasteiger partial charge in [0.25, 0.3) is 9.05 Å². The van der Waals surface area contributed by atoms with Crippen LogP contribution in [0.3, 0.4) is 0 Å². The van der Waals surface area contributed by atoms with Crippen molar-refractivity contribution in [2.24, 2.45) is 0 Å². The summed E-state index contributed by atoms with van der Waals surface area (Å²) in [5.41, 5.74) is 1.07. The van der Waals surface area contributed by atoms with Crippen LogP contribution in [0.4, 0.5) is 4.39 Å². The van der Waals surface area contributed by atoms with E-state index in [9.17, 15) is 12.8 Å².